The zero-order valence-electron chi connectivity index (χ0n) is 14.6. The third-order valence-corrected chi connectivity index (χ3v) is 4.99. The molecule has 2 fully saturated rings. The van der Waals surface area contributed by atoms with Crippen molar-refractivity contribution in [3.05, 3.63) is 11.8 Å². The van der Waals surface area contributed by atoms with E-state index in [-0.39, 0.29) is 5.91 Å². The maximum absolute atomic E-state index is 11.9. The molecule has 0 bridgehead atoms. The fraction of sp³-hybridized carbons (Fsp3) is 0.706. The molecule has 6 heteroatoms. The molecular weight excluding hydrogens is 290 g/mol. The predicted octanol–water partition coefficient (Wildman–Crippen LogP) is 1.83. The minimum absolute atomic E-state index is 0.193. The Labute approximate surface area is 138 Å². The summed E-state index contributed by atoms with van der Waals surface area (Å²) in [7, 11) is 4.00. The summed E-state index contributed by atoms with van der Waals surface area (Å²) in [6, 6.07) is 2.66. The molecule has 23 heavy (non-hydrogen) atoms. The van der Waals surface area contributed by atoms with Crippen LogP contribution in [0.5, 0.6) is 0 Å². The predicted molar refractivity (Wildman–Crippen MR) is 91.9 cm³/mol. The van der Waals surface area contributed by atoms with Crippen LogP contribution in [0.1, 0.15) is 38.3 Å². The second-order valence-corrected chi connectivity index (χ2v) is 6.89. The van der Waals surface area contributed by atoms with E-state index in [1.54, 1.807) is 6.92 Å². The van der Waals surface area contributed by atoms with Gasteiger partial charge in [0.05, 0.1) is 12.1 Å². The van der Waals surface area contributed by atoms with Crippen LogP contribution in [0.15, 0.2) is 6.07 Å². The third-order valence-electron chi connectivity index (χ3n) is 4.99. The SMILES string of the molecule is CC(=O)N1CCC[C@H]1[C@@H]1CCCN1c1nc(C)cc(N(C)C)n1. The lowest BCUT2D eigenvalue weighted by molar-refractivity contribution is -0.129. The topological polar surface area (TPSA) is 52.6 Å². The van der Waals surface area contributed by atoms with Gasteiger partial charge in [-0.05, 0) is 32.6 Å². The Morgan fingerprint density at radius 2 is 1.87 bits per heavy atom. The number of hydrogen-bond acceptors (Lipinski definition) is 5. The number of likely N-dealkylation sites (tertiary alicyclic amines) is 1. The Hall–Kier alpha value is -1.85. The molecule has 126 valence electrons. The molecule has 0 spiro atoms. The maximum atomic E-state index is 11.9. The number of carbonyl (C=O) groups excluding carboxylic acids is 1. The molecule has 1 aromatic rings. The zero-order valence-corrected chi connectivity index (χ0v) is 14.6. The van der Waals surface area contributed by atoms with Crippen molar-refractivity contribution >= 4 is 17.7 Å². The normalized spacial score (nSPS) is 24.3. The zero-order chi connectivity index (χ0) is 16.6. The standard InChI is InChI=1S/C17H27N5O/c1-12-11-16(20(3)4)19-17(18-12)22-10-6-8-15(22)14-7-5-9-21(14)13(2)23/h11,14-15H,5-10H2,1-4H3/t14-,15-/m0/s1. The number of aromatic nitrogens is 2. The van der Waals surface area contributed by atoms with Crippen LogP contribution in [0, 0.1) is 6.92 Å². The highest BCUT2D eigenvalue weighted by atomic mass is 16.2. The second kappa shape index (κ2) is 6.34. The van der Waals surface area contributed by atoms with Crippen molar-refractivity contribution in [1.29, 1.82) is 0 Å². The number of amides is 1. The van der Waals surface area contributed by atoms with Crippen molar-refractivity contribution in [2.45, 2.75) is 51.6 Å². The van der Waals surface area contributed by atoms with Gasteiger partial charge in [-0.2, -0.15) is 4.98 Å². The Morgan fingerprint density at radius 1 is 1.17 bits per heavy atom. The van der Waals surface area contributed by atoms with Crippen molar-refractivity contribution in [3.8, 4) is 0 Å². The minimum atomic E-state index is 0.193. The molecule has 0 radical (unpaired) electrons. The average Bonchev–Trinajstić information content (AvgIpc) is 3.14. The molecule has 3 heterocycles. The molecule has 1 aromatic heterocycles. The number of rotatable bonds is 3. The van der Waals surface area contributed by atoms with Crippen LogP contribution in [0.25, 0.3) is 0 Å². The molecule has 0 saturated carbocycles. The minimum Gasteiger partial charge on any atom is -0.363 e. The molecule has 0 aliphatic carbocycles. The second-order valence-electron chi connectivity index (χ2n) is 6.89. The summed E-state index contributed by atoms with van der Waals surface area (Å²) < 4.78 is 0. The van der Waals surface area contributed by atoms with Gasteiger partial charge in [0.2, 0.25) is 11.9 Å². The lowest BCUT2D eigenvalue weighted by atomic mass is 10.0. The smallest absolute Gasteiger partial charge is 0.227 e. The monoisotopic (exact) mass is 317 g/mol. The first kappa shape index (κ1) is 16.0. The van der Waals surface area contributed by atoms with Crippen molar-refractivity contribution < 1.29 is 4.79 Å². The van der Waals surface area contributed by atoms with Gasteiger partial charge in [0, 0.05) is 45.9 Å². The number of carbonyl (C=O) groups is 1. The van der Waals surface area contributed by atoms with Crippen LogP contribution in [-0.4, -0.2) is 60.0 Å². The van der Waals surface area contributed by atoms with E-state index in [0.29, 0.717) is 12.1 Å². The summed E-state index contributed by atoms with van der Waals surface area (Å²) in [5, 5.41) is 0. The molecule has 0 aromatic carbocycles. The van der Waals surface area contributed by atoms with Crippen molar-refractivity contribution in [2.75, 3.05) is 37.0 Å². The highest BCUT2D eigenvalue weighted by molar-refractivity contribution is 5.74. The Kier molecular flexibility index (Phi) is 4.41. The maximum Gasteiger partial charge on any atom is 0.227 e. The fourth-order valence-electron chi connectivity index (χ4n) is 3.92. The summed E-state index contributed by atoms with van der Waals surface area (Å²) in [6.45, 7) is 5.57. The molecular formula is C17H27N5O. The van der Waals surface area contributed by atoms with Gasteiger partial charge in [0.1, 0.15) is 5.82 Å². The average molecular weight is 317 g/mol. The third kappa shape index (κ3) is 3.12. The summed E-state index contributed by atoms with van der Waals surface area (Å²) >= 11 is 0. The molecule has 2 atom stereocenters. The van der Waals surface area contributed by atoms with Gasteiger partial charge in [-0.25, -0.2) is 4.98 Å². The quantitative estimate of drug-likeness (QED) is 0.851. The summed E-state index contributed by atoms with van der Waals surface area (Å²) in [6.07, 6.45) is 4.45. The molecule has 1 amide bonds. The highest BCUT2D eigenvalue weighted by Gasteiger charge is 2.39. The van der Waals surface area contributed by atoms with E-state index >= 15 is 0 Å². The summed E-state index contributed by atoms with van der Waals surface area (Å²) in [5.41, 5.74) is 0.985. The Morgan fingerprint density at radius 3 is 2.57 bits per heavy atom. The van der Waals surface area contributed by atoms with Gasteiger partial charge in [-0.15, -0.1) is 0 Å². The summed E-state index contributed by atoms with van der Waals surface area (Å²) in [4.78, 5) is 27.7. The van der Waals surface area contributed by atoms with Crippen LogP contribution in [0.3, 0.4) is 0 Å². The number of hydrogen-bond donors (Lipinski definition) is 0. The molecule has 2 aliphatic rings. The van der Waals surface area contributed by atoms with Crippen LogP contribution < -0.4 is 9.80 Å². The van der Waals surface area contributed by atoms with Gasteiger partial charge in [-0.3, -0.25) is 4.79 Å². The van der Waals surface area contributed by atoms with Gasteiger partial charge in [0.25, 0.3) is 0 Å². The molecule has 6 nitrogen and oxygen atoms in total. The number of aryl methyl sites for hydroxylation is 1. The largest absolute Gasteiger partial charge is 0.363 e. The van der Waals surface area contributed by atoms with Crippen LogP contribution in [-0.2, 0) is 4.79 Å². The van der Waals surface area contributed by atoms with Crippen LogP contribution >= 0.6 is 0 Å². The lowest BCUT2D eigenvalue weighted by Gasteiger charge is -2.35. The molecule has 3 rings (SSSR count). The van der Waals surface area contributed by atoms with Crippen molar-refractivity contribution in [1.82, 2.24) is 14.9 Å². The van der Waals surface area contributed by atoms with Gasteiger partial charge in [-0.1, -0.05) is 0 Å². The van der Waals surface area contributed by atoms with Crippen LogP contribution in [0.4, 0.5) is 11.8 Å². The van der Waals surface area contributed by atoms with Crippen molar-refractivity contribution in [3.63, 3.8) is 0 Å². The first-order chi connectivity index (χ1) is 11.0. The molecule has 0 N–H and O–H groups in total. The molecule has 2 aliphatic heterocycles. The van der Waals surface area contributed by atoms with Gasteiger partial charge >= 0.3 is 0 Å². The van der Waals surface area contributed by atoms with E-state index in [1.807, 2.05) is 36.9 Å². The highest BCUT2D eigenvalue weighted by Crippen LogP contribution is 2.32. The molecule has 0 unspecified atom stereocenters. The Balaban J connectivity index is 1.88. The van der Waals surface area contributed by atoms with Gasteiger partial charge in [0.15, 0.2) is 0 Å². The lowest BCUT2D eigenvalue weighted by Crippen LogP contribution is -2.48. The Bertz CT molecular complexity index is 588. The van der Waals surface area contributed by atoms with Crippen LogP contribution in [0.2, 0.25) is 0 Å². The van der Waals surface area contributed by atoms with E-state index < -0.39 is 0 Å². The van der Waals surface area contributed by atoms with E-state index in [1.165, 1.54) is 0 Å². The first-order valence-corrected chi connectivity index (χ1v) is 8.54. The van der Waals surface area contributed by atoms with E-state index in [4.69, 9.17) is 4.98 Å². The van der Waals surface area contributed by atoms with Gasteiger partial charge < -0.3 is 14.7 Å². The number of anilines is 2. The number of nitrogens with zero attached hydrogens (tertiary/aromatic N) is 5. The van der Waals surface area contributed by atoms with E-state index in [0.717, 1.165) is 56.2 Å². The van der Waals surface area contributed by atoms with E-state index in [2.05, 4.69) is 9.88 Å². The fourth-order valence-corrected chi connectivity index (χ4v) is 3.92. The van der Waals surface area contributed by atoms with Crippen molar-refractivity contribution in [2.24, 2.45) is 0 Å². The summed E-state index contributed by atoms with van der Waals surface area (Å²) in [5.74, 6) is 1.94. The molecule has 2 saturated heterocycles. The van der Waals surface area contributed by atoms with E-state index in [9.17, 15) is 4.79 Å². The first-order valence-electron chi connectivity index (χ1n) is 8.54.